The van der Waals surface area contributed by atoms with Gasteiger partial charge in [-0.15, -0.1) is 11.6 Å². The summed E-state index contributed by atoms with van der Waals surface area (Å²) in [6.45, 7) is 3.66. The summed E-state index contributed by atoms with van der Waals surface area (Å²) in [4.78, 5) is 17.3. The van der Waals surface area contributed by atoms with Crippen LogP contribution in [0.2, 0.25) is 0 Å². The van der Waals surface area contributed by atoms with E-state index in [1.54, 1.807) is 18.6 Å². The summed E-state index contributed by atoms with van der Waals surface area (Å²) in [6, 6.07) is 3.82. The molecule has 0 spiro atoms. The summed E-state index contributed by atoms with van der Waals surface area (Å²) in [6.07, 6.45) is 7.24. The summed E-state index contributed by atoms with van der Waals surface area (Å²) >= 11 is 5.99. The molecule has 0 unspecified atom stereocenters. The number of hydrogen-bond acceptors (Lipinski definition) is 5. The van der Waals surface area contributed by atoms with Gasteiger partial charge in [-0.25, -0.2) is 9.97 Å². The number of rotatable bonds is 3. The Kier molecular flexibility index (Phi) is 3.97. The van der Waals surface area contributed by atoms with Gasteiger partial charge in [0.1, 0.15) is 0 Å². The zero-order valence-corrected chi connectivity index (χ0v) is 11.9. The number of piperazine rings is 1. The Labute approximate surface area is 123 Å². The number of pyridine rings is 1. The van der Waals surface area contributed by atoms with E-state index in [9.17, 15) is 0 Å². The molecule has 20 heavy (non-hydrogen) atoms. The first-order valence-corrected chi connectivity index (χ1v) is 7.17. The van der Waals surface area contributed by atoms with Crippen molar-refractivity contribution in [3.05, 3.63) is 42.5 Å². The highest BCUT2D eigenvalue weighted by Gasteiger charge is 2.20. The Hall–Kier alpha value is -1.88. The van der Waals surface area contributed by atoms with Gasteiger partial charge in [0.2, 0.25) is 5.95 Å². The summed E-state index contributed by atoms with van der Waals surface area (Å²) in [5, 5.41) is 0. The minimum Gasteiger partial charge on any atom is -0.366 e. The molecule has 1 aliphatic heterocycles. The van der Waals surface area contributed by atoms with Crippen molar-refractivity contribution in [2.75, 3.05) is 36.0 Å². The maximum absolute atomic E-state index is 5.99. The van der Waals surface area contributed by atoms with Crippen LogP contribution in [0.3, 0.4) is 0 Å². The fraction of sp³-hybridized carbons (Fsp3) is 0.357. The minimum atomic E-state index is 0.514. The van der Waals surface area contributed by atoms with E-state index in [4.69, 9.17) is 11.6 Å². The van der Waals surface area contributed by atoms with E-state index in [0.29, 0.717) is 5.88 Å². The van der Waals surface area contributed by atoms with Gasteiger partial charge in [0.15, 0.2) is 0 Å². The van der Waals surface area contributed by atoms with Crippen LogP contribution < -0.4 is 9.80 Å². The molecule has 104 valence electrons. The van der Waals surface area contributed by atoms with Crippen molar-refractivity contribution >= 4 is 23.2 Å². The molecule has 0 amide bonds. The fourth-order valence-electron chi connectivity index (χ4n) is 2.41. The summed E-state index contributed by atoms with van der Waals surface area (Å²) < 4.78 is 0. The van der Waals surface area contributed by atoms with Gasteiger partial charge in [0, 0.05) is 50.6 Å². The lowest BCUT2D eigenvalue weighted by Crippen LogP contribution is -2.47. The van der Waals surface area contributed by atoms with Gasteiger partial charge in [0.25, 0.3) is 0 Å². The van der Waals surface area contributed by atoms with Gasteiger partial charge in [-0.3, -0.25) is 4.98 Å². The van der Waals surface area contributed by atoms with Crippen LogP contribution in [0.15, 0.2) is 36.9 Å². The van der Waals surface area contributed by atoms with Crippen LogP contribution in [-0.4, -0.2) is 41.1 Å². The Morgan fingerprint density at radius 2 is 1.70 bits per heavy atom. The highest BCUT2D eigenvalue weighted by atomic mass is 35.5. The lowest BCUT2D eigenvalue weighted by atomic mass is 10.2. The quantitative estimate of drug-likeness (QED) is 0.808. The Morgan fingerprint density at radius 1 is 1.00 bits per heavy atom. The van der Waals surface area contributed by atoms with Crippen LogP contribution in [0.1, 0.15) is 5.56 Å². The van der Waals surface area contributed by atoms with Gasteiger partial charge in [-0.1, -0.05) is 0 Å². The third kappa shape index (κ3) is 2.67. The molecular weight excluding hydrogens is 274 g/mol. The first kappa shape index (κ1) is 13.1. The van der Waals surface area contributed by atoms with Crippen LogP contribution in [0, 0.1) is 0 Å². The number of alkyl halides is 1. The third-order valence-corrected chi connectivity index (χ3v) is 3.77. The minimum absolute atomic E-state index is 0.514. The molecule has 2 aromatic rings. The van der Waals surface area contributed by atoms with E-state index < -0.39 is 0 Å². The molecule has 0 radical (unpaired) electrons. The van der Waals surface area contributed by atoms with Crippen molar-refractivity contribution in [3.63, 3.8) is 0 Å². The van der Waals surface area contributed by atoms with Crippen molar-refractivity contribution in [2.24, 2.45) is 0 Å². The number of halogens is 1. The van der Waals surface area contributed by atoms with E-state index in [-0.39, 0.29) is 0 Å². The first-order chi connectivity index (χ1) is 9.88. The monoisotopic (exact) mass is 289 g/mol. The van der Waals surface area contributed by atoms with E-state index in [2.05, 4.69) is 24.8 Å². The van der Waals surface area contributed by atoms with Gasteiger partial charge in [-0.2, -0.15) is 0 Å². The summed E-state index contributed by atoms with van der Waals surface area (Å²) in [5.41, 5.74) is 2.27. The van der Waals surface area contributed by atoms with Crippen molar-refractivity contribution in [2.45, 2.75) is 5.88 Å². The number of aromatic nitrogens is 3. The highest BCUT2D eigenvalue weighted by molar-refractivity contribution is 6.17. The Balaban J connectivity index is 1.70. The second-order valence-corrected chi connectivity index (χ2v) is 4.93. The van der Waals surface area contributed by atoms with Crippen LogP contribution in [0.25, 0.3) is 0 Å². The summed E-state index contributed by atoms with van der Waals surface area (Å²) in [5.74, 6) is 1.32. The predicted octanol–water partition coefficient (Wildman–Crippen LogP) is 1.94. The van der Waals surface area contributed by atoms with Crippen molar-refractivity contribution in [1.29, 1.82) is 0 Å². The molecule has 1 saturated heterocycles. The number of anilines is 2. The molecular formula is C14H16ClN5. The summed E-state index contributed by atoms with van der Waals surface area (Å²) in [7, 11) is 0. The molecule has 6 heteroatoms. The van der Waals surface area contributed by atoms with Crippen LogP contribution in [0.5, 0.6) is 0 Å². The molecule has 0 atom stereocenters. The first-order valence-electron chi connectivity index (χ1n) is 6.64. The Morgan fingerprint density at radius 3 is 2.40 bits per heavy atom. The highest BCUT2D eigenvalue weighted by Crippen LogP contribution is 2.22. The van der Waals surface area contributed by atoms with Crippen molar-refractivity contribution < 1.29 is 0 Å². The second-order valence-electron chi connectivity index (χ2n) is 4.66. The fourth-order valence-corrected chi connectivity index (χ4v) is 2.64. The standard InChI is InChI=1S/C14H16ClN5/c15-10-12-2-5-16-11-13(12)19-6-8-20(9-7-19)14-17-3-1-4-18-14/h1-5,11H,6-10H2. The average Bonchev–Trinajstić information content (AvgIpc) is 2.56. The van der Waals surface area contributed by atoms with Gasteiger partial charge in [-0.05, 0) is 17.7 Å². The third-order valence-electron chi connectivity index (χ3n) is 3.49. The smallest absolute Gasteiger partial charge is 0.225 e. The van der Waals surface area contributed by atoms with Gasteiger partial charge >= 0.3 is 0 Å². The topological polar surface area (TPSA) is 45.2 Å². The van der Waals surface area contributed by atoms with Gasteiger partial charge < -0.3 is 9.80 Å². The van der Waals surface area contributed by atoms with E-state index in [1.165, 1.54) is 0 Å². The zero-order valence-electron chi connectivity index (χ0n) is 11.1. The van der Waals surface area contributed by atoms with Crippen LogP contribution in [-0.2, 0) is 5.88 Å². The second kappa shape index (κ2) is 6.05. The zero-order chi connectivity index (χ0) is 13.8. The Bertz CT molecular complexity index is 555. The molecule has 0 saturated carbocycles. The molecule has 3 rings (SSSR count). The van der Waals surface area contributed by atoms with E-state index in [0.717, 1.165) is 43.4 Å². The maximum Gasteiger partial charge on any atom is 0.225 e. The molecule has 1 fully saturated rings. The lowest BCUT2D eigenvalue weighted by molar-refractivity contribution is 0.638. The molecule has 5 nitrogen and oxygen atoms in total. The van der Waals surface area contributed by atoms with Crippen molar-refractivity contribution in [1.82, 2.24) is 15.0 Å². The molecule has 3 heterocycles. The van der Waals surface area contributed by atoms with E-state index in [1.807, 2.05) is 18.3 Å². The SMILES string of the molecule is ClCc1ccncc1N1CCN(c2ncccn2)CC1. The average molecular weight is 290 g/mol. The normalized spacial score (nSPS) is 15.4. The molecule has 0 bridgehead atoms. The van der Waals surface area contributed by atoms with Crippen LogP contribution >= 0.6 is 11.6 Å². The molecule has 0 aromatic carbocycles. The largest absolute Gasteiger partial charge is 0.366 e. The number of hydrogen-bond donors (Lipinski definition) is 0. The predicted molar refractivity (Wildman–Crippen MR) is 80.3 cm³/mol. The lowest BCUT2D eigenvalue weighted by Gasteiger charge is -2.36. The van der Waals surface area contributed by atoms with E-state index >= 15 is 0 Å². The van der Waals surface area contributed by atoms with Crippen LogP contribution in [0.4, 0.5) is 11.6 Å². The van der Waals surface area contributed by atoms with Crippen molar-refractivity contribution in [3.8, 4) is 0 Å². The maximum atomic E-state index is 5.99. The molecule has 1 aliphatic rings. The molecule has 2 aromatic heterocycles. The van der Waals surface area contributed by atoms with Gasteiger partial charge in [0.05, 0.1) is 11.9 Å². The number of nitrogens with zero attached hydrogens (tertiary/aromatic N) is 5. The molecule has 0 aliphatic carbocycles. The molecule has 0 N–H and O–H groups in total.